The van der Waals surface area contributed by atoms with Gasteiger partial charge in [0.15, 0.2) is 5.75 Å². The van der Waals surface area contributed by atoms with Crippen molar-refractivity contribution in [3.05, 3.63) is 65.2 Å². The first-order chi connectivity index (χ1) is 11.6. The largest absolute Gasteiger partial charge is 0.534 e. The Morgan fingerprint density at radius 2 is 1.72 bits per heavy atom. The number of alkyl halides is 3. The second kappa shape index (κ2) is 7.14. The lowest BCUT2D eigenvalue weighted by Gasteiger charge is -2.13. The summed E-state index contributed by atoms with van der Waals surface area (Å²) in [6.07, 6.45) is 0. The van der Waals surface area contributed by atoms with Crippen molar-refractivity contribution in [1.82, 2.24) is 0 Å². The Hall–Kier alpha value is -2.55. The van der Waals surface area contributed by atoms with Gasteiger partial charge in [0.1, 0.15) is 12.2 Å². The van der Waals surface area contributed by atoms with Crippen molar-refractivity contribution in [2.45, 2.75) is 19.0 Å². The van der Waals surface area contributed by atoms with E-state index in [1.165, 1.54) is 12.1 Å². The van der Waals surface area contributed by atoms with Crippen LogP contribution in [0.1, 0.15) is 21.5 Å². The molecule has 0 fully saturated rings. The minimum Gasteiger partial charge on any atom is -0.457 e. The van der Waals surface area contributed by atoms with Gasteiger partial charge in [-0.2, -0.15) is 21.6 Å². The maximum atomic E-state index is 12.5. The molecule has 0 aliphatic rings. The number of carbonyl (C=O) groups excluding carboxylic acids is 1. The third-order valence-electron chi connectivity index (χ3n) is 3.05. The Morgan fingerprint density at radius 1 is 1.08 bits per heavy atom. The molecule has 0 aliphatic heterocycles. The van der Waals surface area contributed by atoms with Crippen molar-refractivity contribution in [2.75, 3.05) is 0 Å². The molecule has 0 aromatic heterocycles. The summed E-state index contributed by atoms with van der Waals surface area (Å²) >= 11 is 0. The molecular formula is C16H13F3O5S. The number of hydrogen-bond donors (Lipinski definition) is 0. The molecule has 0 saturated heterocycles. The summed E-state index contributed by atoms with van der Waals surface area (Å²) in [6, 6.07) is 12.1. The fraction of sp³-hybridized carbons (Fsp3) is 0.188. The van der Waals surface area contributed by atoms with Crippen molar-refractivity contribution in [3.63, 3.8) is 0 Å². The molecule has 134 valence electrons. The van der Waals surface area contributed by atoms with Gasteiger partial charge in [-0.3, -0.25) is 0 Å². The van der Waals surface area contributed by atoms with Gasteiger partial charge in [0, 0.05) is 0 Å². The first kappa shape index (κ1) is 18.8. The molecule has 0 aliphatic carbocycles. The molecule has 2 aromatic rings. The van der Waals surface area contributed by atoms with Gasteiger partial charge in [0.05, 0.1) is 0 Å². The Balaban J connectivity index is 2.25. The number of esters is 1. The number of hydrogen-bond acceptors (Lipinski definition) is 5. The molecule has 2 rings (SSSR count). The van der Waals surface area contributed by atoms with E-state index in [-0.39, 0.29) is 6.61 Å². The Bertz CT molecular complexity index is 861. The number of rotatable bonds is 5. The summed E-state index contributed by atoms with van der Waals surface area (Å²) in [4.78, 5) is 12.1. The second-order valence-electron chi connectivity index (χ2n) is 5.04. The van der Waals surface area contributed by atoms with Crippen LogP contribution in [0, 0.1) is 6.92 Å². The van der Waals surface area contributed by atoms with E-state index in [0.29, 0.717) is 11.1 Å². The van der Waals surface area contributed by atoms with Gasteiger partial charge in [-0.1, -0.05) is 36.4 Å². The fourth-order valence-corrected chi connectivity index (χ4v) is 2.32. The zero-order chi connectivity index (χ0) is 18.7. The highest BCUT2D eigenvalue weighted by Crippen LogP contribution is 2.30. The molecule has 9 heteroatoms. The van der Waals surface area contributed by atoms with Crippen LogP contribution in [-0.2, 0) is 21.5 Å². The van der Waals surface area contributed by atoms with Gasteiger partial charge >= 0.3 is 21.6 Å². The maximum Gasteiger partial charge on any atom is 0.534 e. The van der Waals surface area contributed by atoms with E-state index >= 15 is 0 Å². The second-order valence-corrected chi connectivity index (χ2v) is 6.58. The number of halogens is 3. The van der Waals surface area contributed by atoms with E-state index in [1.807, 2.05) is 0 Å². The third kappa shape index (κ3) is 4.72. The van der Waals surface area contributed by atoms with Crippen molar-refractivity contribution < 1.29 is 35.3 Å². The monoisotopic (exact) mass is 374 g/mol. The molecule has 0 radical (unpaired) electrons. The molecule has 25 heavy (non-hydrogen) atoms. The minimum atomic E-state index is -5.89. The highest BCUT2D eigenvalue weighted by molar-refractivity contribution is 7.88. The van der Waals surface area contributed by atoms with E-state index < -0.39 is 32.9 Å². The third-order valence-corrected chi connectivity index (χ3v) is 4.02. The summed E-state index contributed by atoms with van der Waals surface area (Å²) in [5.74, 6) is -1.75. The molecule has 0 saturated carbocycles. The van der Waals surface area contributed by atoms with E-state index in [4.69, 9.17) is 4.74 Å². The average Bonchev–Trinajstić information content (AvgIpc) is 2.54. The van der Waals surface area contributed by atoms with Crippen molar-refractivity contribution in [1.29, 1.82) is 0 Å². The standard InChI is InChI=1S/C16H13F3O5S/c1-11-7-8-14(24-25(21,22)16(17,18)19)13(9-11)15(20)23-10-12-5-3-2-4-6-12/h2-9H,10H2,1H3. The van der Waals surface area contributed by atoms with Gasteiger partial charge < -0.3 is 8.92 Å². The normalized spacial score (nSPS) is 11.8. The zero-order valence-electron chi connectivity index (χ0n) is 12.9. The molecule has 0 N–H and O–H groups in total. The summed E-state index contributed by atoms with van der Waals surface area (Å²) in [7, 11) is -5.89. The summed E-state index contributed by atoms with van der Waals surface area (Å²) in [5, 5.41) is 0. The number of aryl methyl sites for hydroxylation is 1. The molecule has 0 amide bonds. The molecule has 0 unspecified atom stereocenters. The van der Waals surface area contributed by atoms with Crippen molar-refractivity contribution >= 4 is 16.1 Å². The van der Waals surface area contributed by atoms with Gasteiger partial charge in [0.25, 0.3) is 0 Å². The molecule has 5 nitrogen and oxygen atoms in total. The van der Waals surface area contributed by atoms with Crippen LogP contribution in [-0.4, -0.2) is 19.9 Å². The predicted molar refractivity (Wildman–Crippen MR) is 82.3 cm³/mol. The number of benzene rings is 2. The van der Waals surface area contributed by atoms with E-state index in [0.717, 1.165) is 6.07 Å². The van der Waals surface area contributed by atoms with Gasteiger partial charge in [-0.25, -0.2) is 4.79 Å². The van der Waals surface area contributed by atoms with Crippen molar-refractivity contribution in [3.8, 4) is 5.75 Å². The lowest BCUT2D eigenvalue weighted by Crippen LogP contribution is -2.28. The van der Waals surface area contributed by atoms with Gasteiger partial charge in [0.2, 0.25) is 0 Å². The molecular weight excluding hydrogens is 361 g/mol. The van der Waals surface area contributed by atoms with E-state index in [2.05, 4.69) is 4.18 Å². The molecule has 0 spiro atoms. The van der Waals surface area contributed by atoms with Crippen molar-refractivity contribution in [2.24, 2.45) is 0 Å². The van der Waals surface area contributed by atoms with Crippen LogP contribution in [0.3, 0.4) is 0 Å². The molecule has 0 heterocycles. The first-order valence-electron chi connectivity index (χ1n) is 6.92. The smallest absolute Gasteiger partial charge is 0.457 e. The predicted octanol–water partition coefficient (Wildman–Crippen LogP) is 3.58. The van der Waals surface area contributed by atoms with E-state index in [9.17, 15) is 26.4 Å². The van der Waals surface area contributed by atoms with Crippen LogP contribution in [0.2, 0.25) is 0 Å². The maximum absolute atomic E-state index is 12.5. The number of carbonyl (C=O) groups is 1. The van der Waals surface area contributed by atoms with Crippen LogP contribution < -0.4 is 4.18 Å². The topological polar surface area (TPSA) is 69.7 Å². The van der Waals surface area contributed by atoms with Gasteiger partial charge in [-0.05, 0) is 30.2 Å². The molecule has 0 bridgehead atoms. The Morgan fingerprint density at radius 3 is 2.32 bits per heavy atom. The lowest BCUT2D eigenvalue weighted by atomic mass is 10.1. The van der Waals surface area contributed by atoms with Crippen LogP contribution in [0.25, 0.3) is 0 Å². The highest BCUT2D eigenvalue weighted by atomic mass is 32.2. The van der Waals surface area contributed by atoms with Gasteiger partial charge in [-0.15, -0.1) is 0 Å². The minimum absolute atomic E-state index is 0.126. The molecule has 0 atom stereocenters. The van der Waals surface area contributed by atoms with E-state index in [1.54, 1.807) is 37.3 Å². The summed E-state index contributed by atoms with van der Waals surface area (Å²) in [5.41, 5.74) is -4.84. The quantitative estimate of drug-likeness (QED) is 0.455. The zero-order valence-corrected chi connectivity index (χ0v) is 13.7. The Kier molecular flexibility index (Phi) is 5.36. The summed E-state index contributed by atoms with van der Waals surface area (Å²) < 4.78 is 68.8. The van der Waals surface area contributed by atoms with Crippen LogP contribution >= 0.6 is 0 Å². The average molecular weight is 374 g/mol. The molecule has 2 aromatic carbocycles. The fourth-order valence-electron chi connectivity index (χ4n) is 1.84. The Labute approximate surface area is 142 Å². The number of ether oxygens (including phenoxy) is 1. The SMILES string of the molecule is Cc1ccc(OS(=O)(=O)C(F)(F)F)c(C(=O)OCc2ccccc2)c1. The van der Waals surface area contributed by atoms with Crippen LogP contribution in [0.4, 0.5) is 13.2 Å². The highest BCUT2D eigenvalue weighted by Gasteiger charge is 2.49. The first-order valence-corrected chi connectivity index (χ1v) is 8.33. The lowest BCUT2D eigenvalue weighted by molar-refractivity contribution is -0.0500. The van der Waals surface area contributed by atoms with Crippen LogP contribution in [0.5, 0.6) is 5.75 Å². The summed E-state index contributed by atoms with van der Waals surface area (Å²) in [6.45, 7) is 1.45. The van der Waals surface area contributed by atoms with Crippen LogP contribution in [0.15, 0.2) is 48.5 Å².